The number of carbonyl (C=O) groups is 2. The molecule has 0 heterocycles. The summed E-state index contributed by atoms with van der Waals surface area (Å²) in [6.07, 6.45) is 0. The molecule has 0 aliphatic rings. The smallest absolute Gasteiger partial charge is 0.426 e. The fourth-order valence-electron chi connectivity index (χ4n) is 1.04. The third kappa shape index (κ3) is 4.58. The summed E-state index contributed by atoms with van der Waals surface area (Å²) in [5.41, 5.74) is 0. The fourth-order valence-corrected chi connectivity index (χ4v) is 1.42. The molecule has 0 aliphatic carbocycles. The van der Waals surface area contributed by atoms with Crippen molar-refractivity contribution in [3.63, 3.8) is 0 Å². The zero-order valence-electron chi connectivity index (χ0n) is 10.8. The number of rotatable bonds is 5. The molecule has 1 atom stereocenters. The Hall–Kier alpha value is -1.34. The van der Waals surface area contributed by atoms with E-state index in [4.69, 9.17) is 9.29 Å². The van der Waals surface area contributed by atoms with Gasteiger partial charge in [0.05, 0.1) is 0 Å². The molecular weight excluding hydrogens is 441 g/mol. The number of esters is 2. The van der Waals surface area contributed by atoms with Crippen molar-refractivity contribution >= 4 is 44.6 Å². The largest absolute Gasteiger partial charge is 0.466 e. The van der Waals surface area contributed by atoms with Crippen LogP contribution in [0.4, 0.5) is 8.78 Å². The molecule has 1 rings (SSSR count). The topological polar surface area (TPSA) is 107 Å². The second-order valence-electron chi connectivity index (χ2n) is 3.89. The minimum absolute atomic E-state index is 0.0786. The normalized spacial score (nSPS) is 13.3. The maximum Gasteiger partial charge on any atom is 0.466 e. The van der Waals surface area contributed by atoms with Gasteiger partial charge in [-0.1, -0.05) is 22.6 Å². The van der Waals surface area contributed by atoms with E-state index >= 15 is 0 Å². The highest BCUT2D eigenvalue weighted by Gasteiger charge is 2.54. The summed E-state index contributed by atoms with van der Waals surface area (Å²) in [7, 11) is -5.93. The molecule has 0 bridgehead atoms. The van der Waals surface area contributed by atoms with Gasteiger partial charge in [0.25, 0.3) is 0 Å². The van der Waals surface area contributed by atoms with E-state index in [1.54, 1.807) is 6.92 Å². The first-order chi connectivity index (χ1) is 9.95. The molecule has 1 N–H and O–H groups in total. The van der Waals surface area contributed by atoms with E-state index in [9.17, 15) is 26.8 Å². The lowest BCUT2D eigenvalue weighted by atomic mass is 10.3. The van der Waals surface area contributed by atoms with Gasteiger partial charge in [-0.15, -0.1) is 0 Å². The molecule has 11 heteroatoms. The Kier molecular flexibility index (Phi) is 5.81. The van der Waals surface area contributed by atoms with Crippen molar-refractivity contribution < 1.29 is 40.8 Å². The van der Waals surface area contributed by atoms with Gasteiger partial charge in [0.1, 0.15) is 15.4 Å². The van der Waals surface area contributed by atoms with Gasteiger partial charge in [-0.2, -0.15) is 17.2 Å². The van der Waals surface area contributed by atoms with Crippen LogP contribution in [-0.2, 0) is 19.7 Å². The second kappa shape index (κ2) is 6.83. The van der Waals surface area contributed by atoms with E-state index in [-0.39, 0.29) is 5.75 Å². The molecule has 0 aromatic heterocycles. The Morgan fingerprint density at radius 2 is 1.59 bits per heavy atom. The van der Waals surface area contributed by atoms with Crippen LogP contribution < -0.4 is 9.47 Å². The average Bonchev–Trinajstić information content (AvgIpc) is 2.39. The predicted molar refractivity (Wildman–Crippen MR) is 77.7 cm³/mol. The fraction of sp³-hybridized carbons (Fsp3) is 0.273. The molecule has 122 valence electrons. The minimum Gasteiger partial charge on any atom is -0.426 e. The zero-order valence-corrected chi connectivity index (χ0v) is 13.8. The molecule has 0 fully saturated rings. The molecule has 1 aromatic carbocycles. The Balaban J connectivity index is 2.81. The van der Waals surface area contributed by atoms with E-state index in [1.807, 2.05) is 22.6 Å². The van der Waals surface area contributed by atoms with Crippen LogP contribution in [-0.4, -0.2) is 34.1 Å². The van der Waals surface area contributed by atoms with Crippen molar-refractivity contribution in [3.05, 3.63) is 24.3 Å². The summed E-state index contributed by atoms with van der Waals surface area (Å²) >= 11 is 1.83. The number of hydrogen-bond acceptors (Lipinski definition) is 6. The van der Waals surface area contributed by atoms with Crippen LogP contribution in [0.2, 0.25) is 0 Å². The van der Waals surface area contributed by atoms with Crippen LogP contribution in [0.5, 0.6) is 11.5 Å². The molecule has 0 spiro atoms. The summed E-state index contributed by atoms with van der Waals surface area (Å²) in [6.45, 7) is 1.59. The SMILES string of the molecule is CC(I)C(=O)Oc1ccc(OC(=O)C(F)(F)S(=O)(=O)O)cc1. The number of ether oxygens (including phenoxy) is 2. The summed E-state index contributed by atoms with van der Waals surface area (Å²) in [5, 5.41) is -5.09. The minimum atomic E-state index is -5.93. The van der Waals surface area contributed by atoms with E-state index in [1.165, 1.54) is 0 Å². The van der Waals surface area contributed by atoms with Gasteiger partial charge < -0.3 is 9.47 Å². The van der Waals surface area contributed by atoms with Gasteiger partial charge in [-0.05, 0) is 31.2 Å². The average molecular weight is 450 g/mol. The van der Waals surface area contributed by atoms with Crippen molar-refractivity contribution in [2.45, 2.75) is 16.1 Å². The first-order valence-corrected chi connectivity index (χ1v) is 8.16. The number of alkyl halides is 3. The van der Waals surface area contributed by atoms with Gasteiger partial charge in [0, 0.05) is 0 Å². The highest BCUT2D eigenvalue weighted by Crippen LogP contribution is 2.25. The summed E-state index contributed by atoms with van der Waals surface area (Å²) < 4.78 is 63.5. The second-order valence-corrected chi connectivity index (χ2v) is 7.22. The number of benzene rings is 1. The van der Waals surface area contributed by atoms with Crippen LogP contribution >= 0.6 is 22.6 Å². The van der Waals surface area contributed by atoms with Crippen LogP contribution in [0, 0.1) is 0 Å². The molecular formula is C11H9F2IO7S. The van der Waals surface area contributed by atoms with E-state index in [0.717, 1.165) is 24.3 Å². The Bertz CT molecular complexity index is 670. The van der Waals surface area contributed by atoms with Crippen molar-refractivity contribution in [1.29, 1.82) is 0 Å². The third-order valence-corrected chi connectivity index (χ3v) is 3.46. The van der Waals surface area contributed by atoms with Crippen molar-refractivity contribution in [2.24, 2.45) is 0 Å². The summed E-state index contributed by atoms with van der Waals surface area (Å²) in [4.78, 5) is 22.3. The lowest BCUT2D eigenvalue weighted by Crippen LogP contribution is -2.40. The summed E-state index contributed by atoms with van der Waals surface area (Å²) in [5.74, 6) is -3.34. The predicted octanol–water partition coefficient (Wildman–Crippen LogP) is 1.80. The molecule has 1 unspecified atom stereocenters. The third-order valence-electron chi connectivity index (χ3n) is 2.14. The standard InChI is InChI=1S/C11H9F2IO7S/c1-6(14)9(15)20-7-2-4-8(5-3-7)21-10(16)11(12,13)22(17,18)19/h2-6H,1H3,(H,17,18,19). The molecule has 22 heavy (non-hydrogen) atoms. The first kappa shape index (κ1) is 18.7. The van der Waals surface area contributed by atoms with Gasteiger partial charge in [0.2, 0.25) is 0 Å². The number of halogens is 3. The van der Waals surface area contributed by atoms with Crippen LogP contribution in [0.3, 0.4) is 0 Å². The van der Waals surface area contributed by atoms with E-state index in [2.05, 4.69) is 4.74 Å². The lowest BCUT2D eigenvalue weighted by molar-refractivity contribution is -0.151. The zero-order chi connectivity index (χ0) is 17.1. The van der Waals surface area contributed by atoms with Crippen molar-refractivity contribution in [3.8, 4) is 11.5 Å². The maximum absolute atomic E-state index is 13.0. The molecule has 0 amide bonds. The maximum atomic E-state index is 13.0. The number of hydrogen-bond donors (Lipinski definition) is 1. The van der Waals surface area contributed by atoms with Gasteiger partial charge >= 0.3 is 27.3 Å². The molecule has 1 aromatic rings. The van der Waals surface area contributed by atoms with Crippen LogP contribution in [0.15, 0.2) is 24.3 Å². The van der Waals surface area contributed by atoms with Crippen molar-refractivity contribution in [2.75, 3.05) is 0 Å². The monoisotopic (exact) mass is 450 g/mol. The van der Waals surface area contributed by atoms with Gasteiger partial charge in [-0.25, -0.2) is 4.79 Å². The molecule has 0 saturated carbocycles. The van der Waals surface area contributed by atoms with Crippen LogP contribution in [0.25, 0.3) is 0 Å². The highest BCUT2D eigenvalue weighted by atomic mass is 127. The Morgan fingerprint density at radius 3 is 1.95 bits per heavy atom. The number of carbonyl (C=O) groups excluding carboxylic acids is 2. The molecule has 0 aliphatic heterocycles. The van der Waals surface area contributed by atoms with Crippen LogP contribution in [0.1, 0.15) is 6.92 Å². The summed E-state index contributed by atoms with van der Waals surface area (Å²) in [6, 6.07) is 4.34. The Morgan fingerprint density at radius 1 is 1.18 bits per heavy atom. The quantitative estimate of drug-likeness (QED) is 0.240. The van der Waals surface area contributed by atoms with E-state index in [0.29, 0.717) is 0 Å². The van der Waals surface area contributed by atoms with Gasteiger partial charge in [0.15, 0.2) is 0 Å². The molecule has 0 saturated heterocycles. The van der Waals surface area contributed by atoms with E-state index < -0.39 is 37.0 Å². The highest BCUT2D eigenvalue weighted by molar-refractivity contribution is 14.1. The van der Waals surface area contributed by atoms with Gasteiger partial charge in [-0.3, -0.25) is 9.35 Å². The first-order valence-electron chi connectivity index (χ1n) is 5.48. The lowest BCUT2D eigenvalue weighted by Gasteiger charge is -2.12. The van der Waals surface area contributed by atoms with Crippen molar-refractivity contribution in [1.82, 2.24) is 0 Å². The Labute approximate surface area is 137 Å². The molecule has 7 nitrogen and oxygen atoms in total. The molecule has 0 radical (unpaired) electrons.